The summed E-state index contributed by atoms with van der Waals surface area (Å²) in [6.07, 6.45) is 0. The number of halogens is 1. The summed E-state index contributed by atoms with van der Waals surface area (Å²) in [5, 5.41) is 10.3. The third kappa shape index (κ3) is 1.96. The molecule has 0 aliphatic heterocycles. The van der Waals surface area contributed by atoms with Crippen molar-refractivity contribution in [3.8, 4) is 0 Å². The lowest BCUT2D eigenvalue weighted by Gasteiger charge is -2.14. The standard InChI is InChI=1S/C9H10FNO2/c1-11(2)8-4-3-6(9(12)13)5-7(8)10/h3-5H,1-2H3,(H,12,13)/p-1. The van der Waals surface area contributed by atoms with Crippen LogP contribution in [0.2, 0.25) is 0 Å². The van der Waals surface area contributed by atoms with Crippen molar-refractivity contribution in [2.45, 2.75) is 0 Å². The Morgan fingerprint density at radius 3 is 2.46 bits per heavy atom. The van der Waals surface area contributed by atoms with Gasteiger partial charge in [-0.15, -0.1) is 0 Å². The van der Waals surface area contributed by atoms with Crippen LogP contribution in [-0.2, 0) is 0 Å². The second kappa shape index (κ2) is 3.43. The van der Waals surface area contributed by atoms with Gasteiger partial charge in [0.2, 0.25) is 0 Å². The predicted molar refractivity (Wildman–Crippen MR) is 45.1 cm³/mol. The number of carbonyl (C=O) groups excluding carboxylic acids is 1. The lowest BCUT2D eigenvalue weighted by atomic mass is 10.2. The lowest BCUT2D eigenvalue weighted by Crippen LogP contribution is -2.22. The van der Waals surface area contributed by atoms with E-state index in [0.717, 1.165) is 6.07 Å². The molecule has 70 valence electrons. The molecule has 0 fully saturated rings. The van der Waals surface area contributed by atoms with Crippen molar-refractivity contribution in [2.75, 3.05) is 19.0 Å². The Balaban J connectivity index is 3.13. The van der Waals surface area contributed by atoms with Gasteiger partial charge < -0.3 is 14.8 Å². The summed E-state index contributed by atoms with van der Waals surface area (Å²) in [4.78, 5) is 11.9. The molecule has 0 N–H and O–H groups in total. The first-order valence-electron chi connectivity index (χ1n) is 3.70. The molecule has 3 nitrogen and oxygen atoms in total. The first kappa shape index (κ1) is 9.51. The lowest BCUT2D eigenvalue weighted by molar-refractivity contribution is -0.255. The van der Waals surface area contributed by atoms with Gasteiger partial charge in [-0.1, -0.05) is 6.07 Å². The number of aromatic carboxylic acids is 1. The van der Waals surface area contributed by atoms with Crippen LogP contribution in [0.15, 0.2) is 18.2 Å². The number of carboxylic acids is 1. The molecule has 13 heavy (non-hydrogen) atoms. The number of nitrogens with zero attached hydrogens (tertiary/aromatic N) is 1. The van der Waals surface area contributed by atoms with Crippen molar-refractivity contribution in [3.05, 3.63) is 29.6 Å². The third-order valence-corrected chi connectivity index (χ3v) is 1.67. The quantitative estimate of drug-likeness (QED) is 0.658. The summed E-state index contributed by atoms with van der Waals surface area (Å²) in [6.45, 7) is 0. The fourth-order valence-electron chi connectivity index (χ4n) is 0.997. The first-order chi connectivity index (χ1) is 6.02. The summed E-state index contributed by atoms with van der Waals surface area (Å²) in [5.74, 6) is -1.93. The maximum absolute atomic E-state index is 13.1. The number of hydrogen-bond donors (Lipinski definition) is 0. The van der Waals surface area contributed by atoms with Crippen LogP contribution in [0.25, 0.3) is 0 Å². The highest BCUT2D eigenvalue weighted by molar-refractivity contribution is 5.86. The van der Waals surface area contributed by atoms with Gasteiger partial charge in [-0.05, 0) is 12.1 Å². The second-order valence-corrected chi connectivity index (χ2v) is 2.85. The number of benzene rings is 1. The van der Waals surface area contributed by atoms with E-state index in [0.29, 0.717) is 5.69 Å². The van der Waals surface area contributed by atoms with Crippen LogP contribution < -0.4 is 10.0 Å². The molecular weight excluding hydrogens is 173 g/mol. The van der Waals surface area contributed by atoms with Crippen LogP contribution in [-0.4, -0.2) is 20.1 Å². The van der Waals surface area contributed by atoms with Crippen molar-refractivity contribution in [1.29, 1.82) is 0 Å². The third-order valence-electron chi connectivity index (χ3n) is 1.67. The summed E-state index contributed by atoms with van der Waals surface area (Å²) in [6, 6.07) is 3.67. The van der Waals surface area contributed by atoms with Gasteiger partial charge >= 0.3 is 0 Å². The zero-order valence-electron chi connectivity index (χ0n) is 7.37. The zero-order valence-corrected chi connectivity index (χ0v) is 7.37. The van der Waals surface area contributed by atoms with Crippen molar-refractivity contribution >= 4 is 11.7 Å². The van der Waals surface area contributed by atoms with E-state index in [-0.39, 0.29) is 5.56 Å². The Hall–Kier alpha value is -1.58. The average Bonchev–Trinajstić information content (AvgIpc) is 2.03. The Morgan fingerprint density at radius 1 is 1.46 bits per heavy atom. The van der Waals surface area contributed by atoms with E-state index in [1.165, 1.54) is 12.1 Å². The van der Waals surface area contributed by atoms with Crippen LogP contribution in [0.3, 0.4) is 0 Å². The minimum atomic E-state index is -1.37. The molecular formula is C9H9FNO2-. The van der Waals surface area contributed by atoms with Crippen molar-refractivity contribution in [1.82, 2.24) is 0 Å². The molecule has 0 aliphatic carbocycles. The minimum absolute atomic E-state index is 0.150. The number of hydrogen-bond acceptors (Lipinski definition) is 3. The smallest absolute Gasteiger partial charge is 0.147 e. The van der Waals surface area contributed by atoms with E-state index in [4.69, 9.17) is 0 Å². The van der Waals surface area contributed by atoms with Gasteiger partial charge in [0.15, 0.2) is 0 Å². The molecule has 0 bridgehead atoms. The average molecular weight is 182 g/mol. The van der Waals surface area contributed by atoms with Gasteiger partial charge in [-0.2, -0.15) is 0 Å². The first-order valence-corrected chi connectivity index (χ1v) is 3.70. The number of rotatable bonds is 2. The minimum Gasteiger partial charge on any atom is -0.545 e. The monoisotopic (exact) mass is 182 g/mol. The molecule has 4 heteroatoms. The van der Waals surface area contributed by atoms with Crippen LogP contribution in [0.1, 0.15) is 10.4 Å². The van der Waals surface area contributed by atoms with Crippen molar-refractivity contribution in [2.24, 2.45) is 0 Å². The van der Waals surface area contributed by atoms with E-state index >= 15 is 0 Å². The number of carboxylic acid groups (broad SMARTS) is 1. The highest BCUT2D eigenvalue weighted by Crippen LogP contribution is 2.17. The highest BCUT2D eigenvalue weighted by atomic mass is 19.1. The molecule has 0 unspecified atom stereocenters. The van der Waals surface area contributed by atoms with Gasteiger partial charge in [0.05, 0.1) is 11.7 Å². The van der Waals surface area contributed by atoms with Crippen LogP contribution in [0, 0.1) is 5.82 Å². The molecule has 0 heterocycles. The predicted octanol–water partition coefficient (Wildman–Crippen LogP) is 0.255. The maximum atomic E-state index is 13.1. The number of carbonyl (C=O) groups is 1. The SMILES string of the molecule is CN(C)c1ccc(C(=O)[O-])cc1F. The molecule has 0 aromatic heterocycles. The van der Waals surface area contributed by atoms with E-state index in [2.05, 4.69) is 0 Å². The van der Waals surface area contributed by atoms with Gasteiger partial charge in [-0.25, -0.2) is 4.39 Å². The van der Waals surface area contributed by atoms with Crippen LogP contribution in [0.5, 0.6) is 0 Å². The summed E-state index contributed by atoms with van der Waals surface area (Å²) < 4.78 is 13.1. The van der Waals surface area contributed by atoms with E-state index in [1.54, 1.807) is 19.0 Å². The second-order valence-electron chi connectivity index (χ2n) is 2.85. The fourth-order valence-corrected chi connectivity index (χ4v) is 0.997. The van der Waals surface area contributed by atoms with Crippen LogP contribution in [0.4, 0.5) is 10.1 Å². The summed E-state index contributed by atoms with van der Waals surface area (Å²) in [5.41, 5.74) is 0.202. The van der Waals surface area contributed by atoms with Gasteiger partial charge in [0.1, 0.15) is 5.82 Å². The maximum Gasteiger partial charge on any atom is 0.147 e. The highest BCUT2D eigenvalue weighted by Gasteiger charge is 2.04. The zero-order chi connectivity index (χ0) is 10.0. The van der Waals surface area contributed by atoms with Gasteiger partial charge in [0, 0.05) is 19.7 Å². The van der Waals surface area contributed by atoms with Gasteiger partial charge in [0.25, 0.3) is 0 Å². The fraction of sp³-hybridized carbons (Fsp3) is 0.222. The molecule has 0 spiro atoms. The van der Waals surface area contributed by atoms with E-state index < -0.39 is 11.8 Å². The Labute approximate surface area is 75.4 Å². The molecule has 0 atom stereocenters. The Bertz CT molecular complexity index is 336. The molecule has 0 amide bonds. The molecule has 0 saturated carbocycles. The Morgan fingerprint density at radius 2 is 2.08 bits per heavy atom. The molecule has 0 saturated heterocycles. The molecule has 1 rings (SSSR count). The molecule has 0 radical (unpaired) electrons. The normalized spacial score (nSPS) is 9.77. The van der Waals surface area contributed by atoms with Gasteiger partial charge in [-0.3, -0.25) is 0 Å². The van der Waals surface area contributed by atoms with E-state index in [9.17, 15) is 14.3 Å². The van der Waals surface area contributed by atoms with E-state index in [1.807, 2.05) is 0 Å². The molecule has 0 aliphatic rings. The Kier molecular flexibility index (Phi) is 2.51. The molecule has 1 aromatic carbocycles. The largest absolute Gasteiger partial charge is 0.545 e. The van der Waals surface area contributed by atoms with Crippen LogP contribution >= 0.6 is 0 Å². The summed E-state index contributed by atoms with van der Waals surface area (Å²) >= 11 is 0. The number of anilines is 1. The summed E-state index contributed by atoms with van der Waals surface area (Å²) in [7, 11) is 3.36. The topological polar surface area (TPSA) is 43.4 Å². The van der Waals surface area contributed by atoms with Crippen molar-refractivity contribution in [3.63, 3.8) is 0 Å². The van der Waals surface area contributed by atoms with Crippen molar-refractivity contribution < 1.29 is 14.3 Å². The molecule has 1 aromatic rings.